The van der Waals surface area contributed by atoms with Crippen molar-refractivity contribution in [2.24, 2.45) is 7.05 Å². The Morgan fingerprint density at radius 3 is 2.34 bits per heavy atom. The molecule has 2 N–H and O–H groups in total. The van der Waals surface area contributed by atoms with Crippen molar-refractivity contribution in [2.45, 2.75) is 12.5 Å². The van der Waals surface area contributed by atoms with E-state index >= 15 is 0 Å². The van der Waals surface area contributed by atoms with Gasteiger partial charge in [-0.15, -0.1) is 0 Å². The first kappa shape index (κ1) is 30.8. The maximum Gasteiger partial charge on any atom is 1.00 e. The molecule has 1 aromatic heterocycles. The molecule has 13 heteroatoms. The Labute approximate surface area is 241 Å². The molecule has 0 fully saturated rings. The zero-order valence-electron chi connectivity index (χ0n) is 19.0. The maximum absolute atomic E-state index is 14.6. The molecule has 172 valence electrons. The number of carbonyl (C=O) groups excluding carboxylic acids is 2. The van der Waals surface area contributed by atoms with Crippen molar-refractivity contribution in [1.29, 1.82) is 0 Å². The van der Waals surface area contributed by atoms with Gasteiger partial charge in [-0.2, -0.15) is 0 Å². The van der Waals surface area contributed by atoms with E-state index in [-0.39, 0.29) is 75.8 Å². The van der Waals surface area contributed by atoms with Crippen LogP contribution in [0.5, 0.6) is 5.75 Å². The molecule has 0 bridgehead atoms. The fourth-order valence-corrected chi connectivity index (χ4v) is 3.14. The van der Waals surface area contributed by atoms with Crippen molar-refractivity contribution < 1.29 is 92.1 Å². The van der Waals surface area contributed by atoms with Crippen molar-refractivity contribution in [3.05, 3.63) is 82.0 Å². The van der Waals surface area contributed by atoms with E-state index in [9.17, 15) is 37.8 Å². The molecule has 0 aliphatic rings. The summed E-state index contributed by atoms with van der Waals surface area (Å²) in [4.78, 5) is 35.7. The summed E-state index contributed by atoms with van der Waals surface area (Å²) in [5, 5.41) is 27.3. The molecule has 0 spiro atoms. The van der Waals surface area contributed by atoms with Gasteiger partial charge >= 0.3 is 65.1 Å². The van der Waals surface area contributed by atoms with Crippen LogP contribution in [0.3, 0.4) is 0 Å². The number of nitrogens with zero attached hydrogens (tertiary/aromatic N) is 1. The molecular formula is C22H16F3N3Na2O5. The van der Waals surface area contributed by atoms with Gasteiger partial charge in [0.15, 0.2) is 0 Å². The second kappa shape index (κ2) is 13.1. The number of hydrogen-bond acceptors (Lipinski definition) is 5. The first-order valence-corrected chi connectivity index (χ1v) is 9.45. The van der Waals surface area contributed by atoms with Crippen LogP contribution in [0.1, 0.15) is 18.0 Å². The van der Waals surface area contributed by atoms with Crippen molar-refractivity contribution >= 4 is 17.7 Å². The Bertz CT molecular complexity index is 1300. The summed E-state index contributed by atoms with van der Waals surface area (Å²) in [5.41, 5.74) is -1.73. The summed E-state index contributed by atoms with van der Waals surface area (Å²) in [7, 11) is 1.35. The molecule has 0 radical (unpaired) electrons. The number of rotatable bonds is 6. The molecule has 0 unspecified atom stereocenters. The van der Waals surface area contributed by atoms with Gasteiger partial charge in [0.1, 0.15) is 23.1 Å². The summed E-state index contributed by atoms with van der Waals surface area (Å²) in [5.74, 6) is -5.11. The molecule has 8 nitrogen and oxygen atoms in total. The van der Waals surface area contributed by atoms with E-state index in [4.69, 9.17) is 0 Å². The minimum absolute atomic E-state index is 0. The third-order valence-corrected chi connectivity index (χ3v) is 4.76. The Hall–Kier alpha value is -2.28. The normalized spacial score (nSPS) is 11.0. The molecule has 0 aliphatic heterocycles. The van der Waals surface area contributed by atoms with Crippen LogP contribution >= 0.6 is 0 Å². The van der Waals surface area contributed by atoms with Crippen LogP contribution in [0.4, 0.5) is 23.7 Å². The Morgan fingerprint density at radius 2 is 1.71 bits per heavy atom. The van der Waals surface area contributed by atoms with Crippen LogP contribution in [0.2, 0.25) is 0 Å². The predicted octanol–water partition coefficient (Wildman–Crippen LogP) is -4.45. The third-order valence-electron chi connectivity index (χ3n) is 4.76. The zero-order chi connectivity index (χ0) is 24.3. The third kappa shape index (κ3) is 7.60. The van der Waals surface area contributed by atoms with Gasteiger partial charge in [0.25, 0.3) is 5.56 Å². The Balaban J connectivity index is 0.00000306. The van der Waals surface area contributed by atoms with Gasteiger partial charge in [0, 0.05) is 42.8 Å². The largest absolute Gasteiger partial charge is 1.00 e. The van der Waals surface area contributed by atoms with Gasteiger partial charge in [-0.05, 0) is 29.8 Å². The van der Waals surface area contributed by atoms with E-state index in [0.717, 1.165) is 34.9 Å². The number of amides is 2. The number of aliphatic carboxylic acids is 1. The van der Waals surface area contributed by atoms with Crippen molar-refractivity contribution in [2.75, 3.05) is 5.32 Å². The molecule has 1 atom stereocenters. The van der Waals surface area contributed by atoms with Crippen LogP contribution in [-0.2, 0) is 11.8 Å². The van der Waals surface area contributed by atoms with Gasteiger partial charge in [-0.3, -0.25) is 4.79 Å². The van der Waals surface area contributed by atoms with Crippen LogP contribution in [0.25, 0.3) is 11.1 Å². The molecule has 1 heterocycles. The SMILES string of the molecule is Cn1ccc([O-])c(NC(=O)N[C@@H](CC(=O)[O-])c2cc(-c3ccc(F)cc3F)ccc2F)c1=O.[Na+].[Na+]. The Morgan fingerprint density at radius 1 is 1.03 bits per heavy atom. The summed E-state index contributed by atoms with van der Waals surface area (Å²) in [6.45, 7) is 0. The summed E-state index contributed by atoms with van der Waals surface area (Å²) < 4.78 is 43.0. The number of anilines is 1. The number of pyridine rings is 1. The number of aryl methyl sites for hydroxylation is 1. The standard InChI is InChI=1S/C22H18F3N3O5.2Na/c1-28-7-6-18(29)20(21(28)32)27-22(33)26-17(10-19(30)31)14-8-11(2-5-15(14)24)13-4-3-12(23)9-16(13)25;;/h2-9,17,29H,10H2,1H3,(H,30,31)(H2,26,27,33);;/q;2*+1/p-2/t17-;;/m0../s1. The van der Waals surface area contributed by atoms with Crippen molar-refractivity contribution in [1.82, 2.24) is 9.88 Å². The second-order valence-corrected chi connectivity index (χ2v) is 7.06. The molecule has 0 saturated carbocycles. The average molecular weight is 505 g/mol. The molecular weight excluding hydrogens is 489 g/mol. The van der Waals surface area contributed by atoms with Crippen molar-refractivity contribution in [3.8, 4) is 16.9 Å². The first-order chi connectivity index (χ1) is 15.6. The maximum atomic E-state index is 14.6. The van der Waals surface area contributed by atoms with E-state index in [0.29, 0.717) is 6.07 Å². The molecule has 0 saturated heterocycles. The summed E-state index contributed by atoms with van der Waals surface area (Å²) in [6, 6.07) is 4.34. The van der Waals surface area contributed by atoms with Gasteiger partial charge < -0.3 is 30.2 Å². The smallest absolute Gasteiger partial charge is 0.871 e. The molecule has 3 aromatic rings. The van der Waals surface area contributed by atoms with Crippen LogP contribution < -0.4 is 85.5 Å². The van der Waals surface area contributed by atoms with E-state index in [1.165, 1.54) is 19.3 Å². The first-order valence-electron chi connectivity index (χ1n) is 9.45. The summed E-state index contributed by atoms with van der Waals surface area (Å²) in [6.07, 6.45) is 0.318. The number of hydrogen-bond donors (Lipinski definition) is 2. The molecule has 35 heavy (non-hydrogen) atoms. The fourth-order valence-electron chi connectivity index (χ4n) is 3.14. The topological polar surface area (TPSA) is 126 Å². The zero-order valence-corrected chi connectivity index (χ0v) is 23.0. The number of halogens is 3. The molecule has 0 aliphatic carbocycles. The molecule has 2 amide bonds. The van der Waals surface area contributed by atoms with E-state index in [1.54, 1.807) is 0 Å². The number of nitrogens with one attached hydrogen (secondary N) is 2. The van der Waals surface area contributed by atoms with Crippen LogP contribution in [-0.4, -0.2) is 16.6 Å². The number of urea groups is 1. The van der Waals surface area contributed by atoms with Gasteiger partial charge in [-0.25, -0.2) is 18.0 Å². The van der Waals surface area contributed by atoms with E-state index in [2.05, 4.69) is 5.32 Å². The fraction of sp³-hybridized carbons (Fsp3) is 0.136. The van der Waals surface area contributed by atoms with E-state index in [1.807, 2.05) is 5.32 Å². The average Bonchev–Trinajstić information content (AvgIpc) is 2.74. The molecule has 3 rings (SSSR count). The molecule has 2 aromatic carbocycles. The van der Waals surface area contributed by atoms with Gasteiger partial charge in [-0.1, -0.05) is 17.9 Å². The van der Waals surface area contributed by atoms with Crippen LogP contribution in [0, 0.1) is 17.5 Å². The van der Waals surface area contributed by atoms with Crippen LogP contribution in [0.15, 0.2) is 53.5 Å². The summed E-state index contributed by atoms with van der Waals surface area (Å²) >= 11 is 0. The van der Waals surface area contributed by atoms with Gasteiger partial charge in [0.05, 0.1) is 6.04 Å². The number of aromatic nitrogens is 1. The second-order valence-electron chi connectivity index (χ2n) is 7.06. The Kier molecular flexibility index (Phi) is 11.5. The minimum atomic E-state index is -1.64. The van der Waals surface area contributed by atoms with E-state index < -0.39 is 58.9 Å². The monoisotopic (exact) mass is 505 g/mol. The predicted molar refractivity (Wildman–Crippen MR) is 107 cm³/mol. The number of carboxylic acid groups (broad SMARTS) is 1. The quantitative estimate of drug-likeness (QED) is 0.327. The minimum Gasteiger partial charge on any atom is -0.871 e. The number of carbonyl (C=O) groups is 2. The van der Waals surface area contributed by atoms with Crippen molar-refractivity contribution in [3.63, 3.8) is 0 Å². The number of benzene rings is 2. The van der Waals surface area contributed by atoms with Gasteiger partial charge in [0.2, 0.25) is 0 Å². The number of carboxylic acids is 1.